The van der Waals surface area contributed by atoms with E-state index in [1.165, 1.54) is 0 Å². The van der Waals surface area contributed by atoms with Gasteiger partial charge >= 0.3 is 0 Å². The highest BCUT2D eigenvalue weighted by atomic mass is 16.5. The van der Waals surface area contributed by atoms with Crippen LogP contribution in [-0.2, 0) is 27.4 Å². The second kappa shape index (κ2) is 11.0. The van der Waals surface area contributed by atoms with Crippen LogP contribution in [0.4, 0.5) is 0 Å². The lowest BCUT2D eigenvalue weighted by molar-refractivity contribution is -0.133. The molecule has 2 aromatic heterocycles. The van der Waals surface area contributed by atoms with E-state index in [1.807, 2.05) is 35.5 Å². The summed E-state index contributed by atoms with van der Waals surface area (Å²) in [6.45, 7) is 5.19. The third-order valence-corrected chi connectivity index (χ3v) is 6.74. The molecule has 5 rings (SSSR count). The molecule has 2 aliphatic heterocycles. The summed E-state index contributed by atoms with van der Waals surface area (Å²) >= 11 is 0. The van der Waals surface area contributed by atoms with Crippen molar-refractivity contribution in [3.63, 3.8) is 0 Å². The van der Waals surface area contributed by atoms with Gasteiger partial charge in [-0.25, -0.2) is 0 Å². The molecule has 7 nitrogen and oxygen atoms in total. The minimum Gasteiger partial charge on any atom is -0.381 e. The molecule has 178 valence electrons. The van der Waals surface area contributed by atoms with Gasteiger partial charge in [-0.2, -0.15) is 0 Å². The van der Waals surface area contributed by atoms with Crippen LogP contribution in [0.1, 0.15) is 24.0 Å². The van der Waals surface area contributed by atoms with E-state index in [1.54, 1.807) is 6.20 Å². The number of carbonyl (C=O) groups excluding carboxylic acids is 1. The first-order chi connectivity index (χ1) is 16.7. The molecular formula is C27H32N4O3. The molecule has 4 heterocycles. The first kappa shape index (κ1) is 22.9. The molecule has 7 heteroatoms. The van der Waals surface area contributed by atoms with Crippen LogP contribution in [0.3, 0.4) is 0 Å². The smallest absolute Gasteiger partial charge is 0.236 e. The molecule has 1 amide bonds. The maximum Gasteiger partial charge on any atom is 0.236 e. The molecule has 0 spiro atoms. The highest BCUT2D eigenvalue weighted by Gasteiger charge is 2.30. The third-order valence-electron chi connectivity index (χ3n) is 6.74. The van der Waals surface area contributed by atoms with Gasteiger partial charge in [-0.1, -0.05) is 30.3 Å². The van der Waals surface area contributed by atoms with Gasteiger partial charge in [0.05, 0.1) is 24.8 Å². The number of para-hydroxylation sites is 1. The van der Waals surface area contributed by atoms with E-state index in [0.717, 1.165) is 54.6 Å². The second-order valence-corrected chi connectivity index (χ2v) is 9.31. The van der Waals surface area contributed by atoms with Gasteiger partial charge in [0.2, 0.25) is 5.91 Å². The topological polar surface area (TPSA) is 67.8 Å². The van der Waals surface area contributed by atoms with Crippen LogP contribution in [0.15, 0.2) is 61.1 Å². The Labute approximate surface area is 200 Å². The van der Waals surface area contributed by atoms with Crippen molar-refractivity contribution in [3.8, 4) is 0 Å². The Morgan fingerprint density at radius 1 is 1.03 bits per heavy atom. The lowest BCUT2D eigenvalue weighted by Crippen LogP contribution is -2.42. The summed E-state index contributed by atoms with van der Waals surface area (Å²) in [5.41, 5.74) is 3.17. The molecule has 2 saturated heterocycles. The Morgan fingerprint density at radius 3 is 2.74 bits per heavy atom. The molecule has 0 saturated carbocycles. The van der Waals surface area contributed by atoms with Crippen LogP contribution in [-0.4, -0.2) is 71.2 Å². The minimum atomic E-state index is -0.0746. The number of aromatic nitrogens is 2. The molecule has 2 fully saturated rings. The molecule has 0 aliphatic carbocycles. The quantitative estimate of drug-likeness (QED) is 0.539. The van der Waals surface area contributed by atoms with E-state index in [0.29, 0.717) is 38.7 Å². The zero-order valence-corrected chi connectivity index (χ0v) is 19.5. The number of hydrogen-bond donors (Lipinski definition) is 0. The van der Waals surface area contributed by atoms with E-state index < -0.39 is 0 Å². The molecule has 2 aliphatic rings. The van der Waals surface area contributed by atoms with Crippen molar-refractivity contribution in [2.24, 2.45) is 5.92 Å². The van der Waals surface area contributed by atoms with Crippen molar-refractivity contribution in [1.29, 1.82) is 0 Å². The molecule has 0 N–H and O–H groups in total. The third kappa shape index (κ3) is 5.78. The molecule has 0 bridgehead atoms. The average Bonchev–Trinajstić information content (AvgIpc) is 3.02. The molecule has 1 atom stereocenters. The Kier molecular flexibility index (Phi) is 7.43. The van der Waals surface area contributed by atoms with Crippen LogP contribution in [0.25, 0.3) is 10.9 Å². The average molecular weight is 461 g/mol. The monoisotopic (exact) mass is 460 g/mol. The summed E-state index contributed by atoms with van der Waals surface area (Å²) in [7, 11) is 0. The number of nitrogens with zero attached hydrogens (tertiary/aromatic N) is 4. The molecule has 1 unspecified atom stereocenters. The fourth-order valence-electron chi connectivity index (χ4n) is 4.93. The number of carbonyl (C=O) groups is 1. The fourth-order valence-corrected chi connectivity index (χ4v) is 4.93. The first-order valence-electron chi connectivity index (χ1n) is 12.2. The van der Waals surface area contributed by atoms with Crippen molar-refractivity contribution in [1.82, 2.24) is 19.8 Å². The number of amides is 1. The molecular weight excluding hydrogens is 428 g/mol. The Morgan fingerprint density at radius 2 is 1.88 bits per heavy atom. The van der Waals surface area contributed by atoms with E-state index in [9.17, 15) is 4.79 Å². The standard InChI is InChI=1S/C27H32N4O3/c32-26-19-30(16-24-6-1-5-23-7-3-11-29-27(23)24)17-25(34-20-22-4-2-10-28-14-22)18-31(26)15-21-8-12-33-13-9-21/h1-7,10-11,14,21,25H,8-9,12-13,15-20H2. The number of fused-ring (bicyclic) bond motifs is 1. The fraction of sp³-hybridized carbons (Fsp3) is 0.444. The van der Waals surface area contributed by atoms with Crippen molar-refractivity contribution < 1.29 is 14.3 Å². The van der Waals surface area contributed by atoms with Gasteiger partial charge in [-0.15, -0.1) is 0 Å². The Bertz CT molecular complexity index is 1080. The van der Waals surface area contributed by atoms with Gasteiger partial charge in [0, 0.05) is 63.4 Å². The Hall–Kier alpha value is -2.87. The summed E-state index contributed by atoms with van der Waals surface area (Å²) in [6.07, 6.45) is 7.38. The molecule has 0 radical (unpaired) electrons. The summed E-state index contributed by atoms with van der Waals surface area (Å²) in [5, 5.41) is 1.12. The summed E-state index contributed by atoms with van der Waals surface area (Å²) in [6, 6.07) is 14.2. The van der Waals surface area contributed by atoms with Crippen LogP contribution < -0.4 is 0 Å². The van der Waals surface area contributed by atoms with Gasteiger partial charge < -0.3 is 14.4 Å². The van der Waals surface area contributed by atoms with Crippen molar-refractivity contribution in [2.75, 3.05) is 39.4 Å². The number of hydrogen-bond acceptors (Lipinski definition) is 6. The normalized spacial score (nSPS) is 20.5. The van der Waals surface area contributed by atoms with Gasteiger partial charge in [0.15, 0.2) is 0 Å². The highest BCUT2D eigenvalue weighted by molar-refractivity contribution is 5.82. The molecule has 34 heavy (non-hydrogen) atoms. The summed E-state index contributed by atoms with van der Waals surface area (Å²) < 4.78 is 11.9. The van der Waals surface area contributed by atoms with Gasteiger partial charge in [0.25, 0.3) is 0 Å². The van der Waals surface area contributed by atoms with E-state index in [4.69, 9.17) is 9.47 Å². The van der Waals surface area contributed by atoms with E-state index >= 15 is 0 Å². The first-order valence-corrected chi connectivity index (χ1v) is 12.2. The predicted molar refractivity (Wildman–Crippen MR) is 130 cm³/mol. The molecule has 3 aromatic rings. The lowest BCUT2D eigenvalue weighted by atomic mass is 9.99. The van der Waals surface area contributed by atoms with Gasteiger partial charge in [-0.05, 0) is 42.0 Å². The van der Waals surface area contributed by atoms with E-state index in [-0.39, 0.29) is 12.0 Å². The number of pyridine rings is 2. The lowest BCUT2D eigenvalue weighted by Gasteiger charge is -2.30. The molecule has 1 aromatic carbocycles. The number of ether oxygens (including phenoxy) is 2. The van der Waals surface area contributed by atoms with E-state index in [2.05, 4.69) is 39.1 Å². The minimum absolute atomic E-state index is 0.0746. The zero-order chi connectivity index (χ0) is 23.2. The van der Waals surface area contributed by atoms with Gasteiger partial charge in [0.1, 0.15) is 0 Å². The van der Waals surface area contributed by atoms with Crippen LogP contribution in [0.5, 0.6) is 0 Å². The highest BCUT2D eigenvalue weighted by Crippen LogP contribution is 2.22. The van der Waals surface area contributed by atoms with Crippen molar-refractivity contribution in [2.45, 2.75) is 32.1 Å². The summed E-state index contributed by atoms with van der Waals surface area (Å²) in [5.74, 6) is 0.664. The number of rotatable bonds is 7. The van der Waals surface area contributed by atoms with Crippen molar-refractivity contribution >= 4 is 16.8 Å². The van der Waals surface area contributed by atoms with Crippen LogP contribution >= 0.6 is 0 Å². The number of benzene rings is 1. The maximum absolute atomic E-state index is 13.3. The second-order valence-electron chi connectivity index (χ2n) is 9.31. The SMILES string of the molecule is O=C1CN(Cc2cccc3cccnc23)CC(OCc2cccnc2)CN1CC1CCOCC1. The Balaban J connectivity index is 1.33. The van der Waals surface area contributed by atoms with Gasteiger partial charge in [-0.3, -0.25) is 19.7 Å². The predicted octanol–water partition coefficient (Wildman–Crippen LogP) is 3.29. The van der Waals surface area contributed by atoms with Crippen LogP contribution in [0.2, 0.25) is 0 Å². The van der Waals surface area contributed by atoms with Crippen molar-refractivity contribution in [3.05, 3.63) is 72.2 Å². The summed E-state index contributed by atoms with van der Waals surface area (Å²) in [4.78, 5) is 26.4. The largest absolute Gasteiger partial charge is 0.381 e. The van der Waals surface area contributed by atoms with Crippen LogP contribution in [0, 0.1) is 5.92 Å². The zero-order valence-electron chi connectivity index (χ0n) is 19.5. The maximum atomic E-state index is 13.3.